The van der Waals surface area contributed by atoms with Crippen LogP contribution in [0.1, 0.15) is 47.8 Å². The Bertz CT molecular complexity index is 937. The molecule has 0 aliphatic rings. The van der Waals surface area contributed by atoms with Crippen molar-refractivity contribution in [2.75, 3.05) is 0 Å². The number of rotatable bonds is 0. The number of tetrazole rings is 3. The summed E-state index contributed by atoms with van der Waals surface area (Å²) in [4.78, 5) is 1.43. The Morgan fingerprint density at radius 3 is 1.24 bits per heavy atom. The molecule has 0 aliphatic carbocycles. The van der Waals surface area contributed by atoms with Crippen LogP contribution in [-0.4, -0.2) is 90.6 Å². The molecule has 0 N–H and O–H groups in total. The Balaban J connectivity index is -0.000000178. The summed E-state index contributed by atoms with van der Waals surface area (Å²) in [6.07, 6.45) is 8.36. The highest BCUT2D eigenvalue weighted by Gasteiger charge is 1.87. The highest BCUT2D eigenvalue weighted by molar-refractivity contribution is 4.69. The van der Waals surface area contributed by atoms with Crippen molar-refractivity contribution in [2.24, 2.45) is 35.2 Å². The first-order valence-corrected chi connectivity index (χ1v) is 9.95. The van der Waals surface area contributed by atoms with Crippen LogP contribution in [0.3, 0.4) is 0 Å². The summed E-state index contributed by atoms with van der Waals surface area (Å²) in [5.74, 6) is 1.54. The van der Waals surface area contributed by atoms with Crippen LogP contribution >= 0.6 is 0 Å². The zero-order valence-electron chi connectivity index (χ0n) is 20.9. The molecule has 0 fully saturated rings. The zero-order chi connectivity index (χ0) is 25.8. The van der Waals surface area contributed by atoms with Crippen molar-refractivity contribution in [3.63, 3.8) is 0 Å². The van der Waals surface area contributed by atoms with Gasteiger partial charge in [-0.3, -0.25) is 9.36 Å². The molecule has 0 saturated carbocycles. The van der Waals surface area contributed by atoms with Crippen LogP contribution in [0.4, 0.5) is 0 Å². The standard InChI is InChI=1S/2C3H6N4.2C3H5N3.C2H4N4.C2H6.3CH4/c1-3-4-5-6-7(3)2;1-3-4-6-7(2)5-3;2*1-6-3-2-4-5-6;1-6-2-3-4-5-6;1-2;;;/h2*1-2H3;2*2-3H,1H3;2H,1H3;1-2H3;3*1H4. The molecule has 18 heteroatoms. The third kappa shape index (κ3) is 21.7. The van der Waals surface area contributed by atoms with Gasteiger partial charge in [-0.1, -0.05) is 46.6 Å². The smallest absolute Gasteiger partial charge is 0.171 e. The summed E-state index contributed by atoms with van der Waals surface area (Å²) in [6, 6.07) is 0. The van der Waals surface area contributed by atoms with E-state index < -0.39 is 0 Å². The Morgan fingerprint density at radius 1 is 0.595 bits per heavy atom. The summed E-state index contributed by atoms with van der Waals surface area (Å²) in [7, 11) is 8.95. The monoisotopic (exact) mass is 524 g/mol. The number of hydrogen-bond acceptors (Lipinski definition) is 13. The summed E-state index contributed by atoms with van der Waals surface area (Å²) in [6.45, 7) is 7.65. The fourth-order valence-corrected chi connectivity index (χ4v) is 1.39. The third-order valence-corrected chi connectivity index (χ3v) is 2.98. The molecular weight excluding hydrogens is 480 g/mol. The molecule has 0 aromatic carbocycles. The Kier molecular flexibility index (Phi) is 26.4. The van der Waals surface area contributed by atoms with Crippen LogP contribution in [0.15, 0.2) is 31.1 Å². The van der Waals surface area contributed by atoms with E-state index in [1.54, 1.807) is 66.9 Å². The van der Waals surface area contributed by atoms with Crippen LogP contribution in [0.5, 0.6) is 0 Å². The fraction of sp³-hybridized carbons (Fsp3) is 0.632. The second-order valence-electron chi connectivity index (χ2n) is 5.81. The van der Waals surface area contributed by atoms with Crippen LogP contribution < -0.4 is 0 Å². The van der Waals surface area contributed by atoms with Crippen molar-refractivity contribution >= 4 is 0 Å². The molecule has 0 radical (unpaired) electrons. The maximum atomic E-state index is 3.81. The van der Waals surface area contributed by atoms with Gasteiger partial charge in [0.25, 0.3) is 0 Å². The van der Waals surface area contributed by atoms with Gasteiger partial charge in [-0.2, -0.15) is 4.80 Å². The summed E-state index contributed by atoms with van der Waals surface area (Å²) in [5, 5.41) is 46.0. The van der Waals surface area contributed by atoms with Crippen LogP contribution in [-0.2, 0) is 35.2 Å². The molecule has 5 rings (SSSR count). The first-order valence-electron chi connectivity index (χ1n) is 9.95. The molecular formula is C19H44N18. The molecule has 5 aromatic rings. The lowest BCUT2D eigenvalue weighted by molar-refractivity contribution is 0.629. The van der Waals surface area contributed by atoms with Gasteiger partial charge in [0.15, 0.2) is 5.82 Å². The average Bonchev–Trinajstić information content (AvgIpc) is 3.65. The molecule has 0 atom stereocenters. The lowest BCUT2D eigenvalue weighted by atomic mass is 10.7. The Labute approximate surface area is 219 Å². The Hall–Kier alpha value is -4.51. The summed E-state index contributed by atoms with van der Waals surface area (Å²) in [5.41, 5.74) is 0. The van der Waals surface area contributed by atoms with E-state index in [4.69, 9.17) is 0 Å². The van der Waals surface area contributed by atoms with E-state index in [1.807, 2.05) is 34.9 Å². The SMILES string of the molecule is C.C.C.CC.Cc1nnn(C)n1.Cc1nnnn1C.Cn1ccnn1.Cn1ccnn1.Cn1cnnn1. The van der Waals surface area contributed by atoms with Gasteiger partial charge in [-0.15, -0.1) is 30.6 Å². The molecule has 0 unspecified atom stereocenters. The molecule has 0 spiro atoms. The van der Waals surface area contributed by atoms with Crippen molar-refractivity contribution < 1.29 is 0 Å². The largest absolute Gasteiger partial charge is 0.256 e. The number of aromatic nitrogens is 18. The molecule has 5 aromatic heterocycles. The molecule has 0 saturated heterocycles. The van der Waals surface area contributed by atoms with Gasteiger partial charge >= 0.3 is 0 Å². The van der Waals surface area contributed by atoms with Gasteiger partial charge in [-0.25, -0.2) is 9.36 Å². The van der Waals surface area contributed by atoms with E-state index in [2.05, 4.69) is 67.1 Å². The van der Waals surface area contributed by atoms with E-state index in [-0.39, 0.29) is 22.3 Å². The van der Waals surface area contributed by atoms with E-state index in [9.17, 15) is 0 Å². The first-order chi connectivity index (χ1) is 16.3. The van der Waals surface area contributed by atoms with E-state index in [0.29, 0.717) is 5.82 Å². The maximum Gasteiger partial charge on any atom is 0.171 e. The van der Waals surface area contributed by atoms with Crippen molar-refractivity contribution in [2.45, 2.75) is 50.0 Å². The number of hydrogen-bond donors (Lipinski definition) is 0. The molecule has 5 heterocycles. The van der Waals surface area contributed by atoms with E-state index in [0.717, 1.165) is 5.82 Å². The van der Waals surface area contributed by atoms with Crippen molar-refractivity contribution in [3.05, 3.63) is 42.8 Å². The van der Waals surface area contributed by atoms with Crippen LogP contribution in [0.25, 0.3) is 0 Å². The van der Waals surface area contributed by atoms with Crippen molar-refractivity contribution in [1.29, 1.82) is 0 Å². The lowest BCUT2D eigenvalue weighted by Gasteiger charge is -1.81. The topological polar surface area (TPSA) is 192 Å². The van der Waals surface area contributed by atoms with Crippen LogP contribution in [0, 0.1) is 13.8 Å². The fourth-order valence-electron chi connectivity index (χ4n) is 1.39. The third-order valence-electron chi connectivity index (χ3n) is 2.98. The molecule has 0 aliphatic heterocycles. The minimum absolute atomic E-state index is 0. The van der Waals surface area contributed by atoms with Crippen molar-refractivity contribution in [1.82, 2.24) is 90.6 Å². The van der Waals surface area contributed by atoms with Gasteiger partial charge < -0.3 is 0 Å². The first kappa shape index (κ1) is 39.7. The molecule has 18 nitrogen and oxygen atoms in total. The molecule has 210 valence electrons. The average molecular weight is 525 g/mol. The predicted molar refractivity (Wildman–Crippen MR) is 139 cm³/mol. The molecule has 37 heavy (non-hydrogen) atoms. The zero-order valence-corrected chi connectivity index (χ0v) is 20.9. The van der Waals surface area contributed by atoms with E-state index in [1.165, 1.54) is 15.8 Å². The minimum Gasteiger partial charge on any atom is -0.256 e. The van der Waals surface area contributed by atoms with Gasteiger partial charge in [0.1, 0.15) is 12.2 Å². The quantitative estimate of drug-likeness (QED) is 0.276. The highest BCUT2D eigenvalue weighted by atomic mass is 15.6. The van der Waals surface area contributed by atoms with Gasteiger partial charge in [0, 0.05) is 40.6 Å². The summed E-state index contributed by atoms with van der Waals surface area (Å²) >= 11 is 0. The van der Waals surface area contributed by atoms with Crippen LogP contribution in [0.2, 0.25) is 0 Å². The van der Waals surface area contributed by atoms with Gasteiger partial charge in [-0.05, 0) is 39.9 Å². The highest BCUT2D eigenvalue weighted by Crippen LogP contribution is 1.78. The minimum atomic E-state index is 0. The van der Waals surface area contributed by atoms with E-state index >= 15 is 0 Å². The van der Waals surface area contributed by atoms with Gasteiger partial charge in [0.2, 0.25) is 0 Å². The lowest BCUT2D eigenvalue weighted by Crippen LogP contribution is -1.92. The van der Waals surface area contributed by atoms with Gasteiger partial charge in [0.05, 0.1) is 19.4 Å². The maximum absolute atomic E-state index is 3.81. The molecule has 0 bridgehead atoms. The van der Waals surface area contributed by atoms with Crippen molar-refractivity contribution in [3.8, 4) is 0 Å². The summed E-state index contributed by atoms with van der Waals surface area (Å²) < 4.78 is 6.42. The normalized spacial score (nSPS) is 8.03. The predicted octanol–water partition coefficient (Wildman–Crippen LogP) is 0.812. The number of aryl methyl sites for hydroxylation is 7. The molecule has 0 amide bonds. The Morgan fingerprint density at radius 2 is 1.14 bits per heavy atom. The second kappa shape index (κ2) is 24.6. The second-order valence-corrected chi connectivity index (χ2v) is 5.81. The number of nitrogens with zero attached hydrogens (tertiary/aromatic N) is 18.